The summed E-state index contributed by atoms with van der Waals surface area (Å²) in [5.74, 6) is 1.00. The van der Waals surface area contributed by atoms with Crippen LogP contribution >= 0.6 is 0 Å². The molecule has 88 valence electrons. The molecular weight excluding hydrogens is 198 g/mol. The van der Waals surface area contributed by atoms with Crippen molar-refractivity contribution in [2.45, 2.75) is 45.1 Å². The molecule has 0 amide bonds. The van der Waals surface area contributed by atoms with Crippen molar-refractivity contribution in [2.24, 2.45) is 5.73 Å². The van der Waals surface area contributed by atoms with E-state index >= 15 is 0 Å². The number of fused-ring (bicyclic) bond motifs is 1. The number of rotatable bonds is 5. The first-order chi connectivity index (χ1) is 7.81. The Labute approximate surface area is 97.8 Å². The molecule has 0 spiro atoms. The average Bonchev–Trinajstić information content (AvgIpc) is 2.66. The number of hydrogen-bond acceptors (Lipinski definition) is 2. The number of unbranched alkanes of at least 4 members (excludes halogenated alkanes) is 2. The Kier molecular flexibility index (Phi) is 3.83. The molecule has 0 unspecified atom stereocenters. The van der Waals surface area contributed by atoms with Gasteiger partial charge in [-0.25, -0.2) is 0 Å². The van der Waals surface area contributed by atoms with Gasteiger partial charge in [-0.3, -0.25) is 0 Å². The van der Waals surface area contributed by atoms with Crippen LogP contribution in [0.15, 0.2) is 18.2 Å². The Balaban J connectivity index is 1.92. The molecule has 0 fully saturated rings. The standard InChI is InChI=1S/C14H21NO/c1-2-3-4-9-16-12-6-7-13-11(10-12)5-8-14(13)15/h6-7,10,14H,2-5,8-9,15H2,1H3/t14-/m1/s1. The summed E-state index contributed by atoms with van der Waals surface area (Å²) in [5.41, 5.74) is 8.68. The summed E-state index contributed by atoms with van der Waals surface area (Å²) in [6, 6.07) is 6.58. The van der Waals surface area contributed by atoms with Crippen LogP contribution in [-0.2, 0) is 6.42 Å². The second-order valence-corrected chi connectivity index (χ2v) is 4.56. The van der Waals surface area contributed by atoms with Gasteiger partial charge in [0, 0.05) is 6.04 Å². The second kappa shape index (κ2) is 5.35. The van der Waals surface area contributed by atoms with Crippen molar-refractivity contribution < 1.29 is 4.74 Å². The number of benzene rings is 1. The van der Waals surface area contributed by atoms with Gasteiger partial charge in [-0.15, -0.1) is 0 Å². The molecule has 0 saturated heterocycles. The van der Waals surface area contributed by atoms with E-state index in [0.717, 1.165) is 31.6 Å². The molecule has 16 heavy (non-hydrogen) atoms. The van der Waals surface area contributed by atoms with E-state index in [2.05, 4.69) is 25.1 Å². The third-order valence-corrected chi connectivity index (χ3v) is 3.26. The third kappa shape index (κ3) is 2.56. The Morgan fingerprint density at radius 1 is 1.38 bits per heavy atom. The number of hydrogen-bond donors (Lipinski definition) is 1. The summed E-state index contributed by atoms with van der Waals surface area (Å²) in [6.45, 7) is 3.04. The summed E-state index contributed by atoms with van der Waals surface area (Å²) in [7, 11) is 0. The monoisotopic (exact) mass is 219 g/mol. The molecule has 0 radical (unpaired) electrons. The van der Waals surface area contributed by atoms with E-state index in [1.54, 1.807) is 0 Å². The van der Waals surface area contributed by atoms with Gasteiger partial charge in [-0.05, 0) is 42.5 Å². The van der Waals surface area contributed by atoms with Crippen LogP contribution in [0.4, 0.5) is 0 Å². The Morgan fingerprint density at radius 3 is 3.06 bits per heavy atom. The van der Waals surface area contributed by atoms with Gasteiger partial charge in [0.2, 0.25) is 0 Å². The fourth-order valence-corrected chi connectivity index (χ4v) is 2.26. The van der Waals surface area contributed by atoms with Crippen LogP contribution in [0.2, 0.25) is 0 Å². The van der Waals surface area contributed by atoms with Crippen molar-refractivity contribution >= 4 is 0 Å². The molecule has 0 heterocycles. The highest BCUT2D eigenvalue weighted by Gasteiger charge is 2.18. The topological polar surface area (TPSA) is 35.2 Å². The lowest BCUT2D eigenvalue weighted by Crippen LogP contribution is -2.05. The Bertz CT molecular complexity index is 349. The van der Waals surface area contributed by atoms with Crippen LogP contribution in [0, 0.1) is 0 Å². The van der Waals surface area contributed by atoms with E-state index in [1.165, 1.54) is 24.0 Å². The normalized spacial score (nSPS) is 18.5. The van der Waals surface area contributed by atoms with Gasteiger partial charge < -0.3 is 10.5 Å². The minimum atomic E-state index is 0.240. The van der Waals surface area contributed by atoms with Crippen LogP contribution in [0.25, 0.3) is 0 Å². The molecule has 2 nitrogen and oxygen atoms in total. The Hall–Kier alpha value is -1.02. The van der Waals surface area contributed by atoms with Crippen LogP contribution in [-0.4, -0.2) is 6.61 Å². The maximum absolute atomic E-state index is 6.00. The highest BCUT2D eigenvalue weighted by atomic mass is 16.5. The second-order valence-electron chi connectivity index (χ2n) is 4.56. The van der Waals surface area contributed by atoms with Crippen LogP contribution in [0.3, 0.4) is 0 Å². The van der Waals surface area contributed by atoms with Crippen molar-refractivity contribution in [1.29, 1.82) is 0 Å². The summed E-state index contributed by atoms with van der Waals surface area (Å²) in [6.07, 6.45) is 5.81. The predicted octanol–water partition coefficient (Wildman–Crippen LogP) is 3.20. The van der Waals surface area contributed by atoms with Crippen LogP contribution in [0.1, 0.15) is 49.8 Å². The molecule has 1 atom stereocenters. The summed E-state index contributed by atoms with van der Waals surface area (Å²) >= 11 is 0. The molecule has 2 rings (SSSR count). The molecule has 1 aliphatic rings. The molecular formula is C14H21NO. The van der Waals surface area contributed by atoms with E-state index in [1.807, 2.05) is 0 Å². The fourth-order valence-electron chi connectivity index (χ4n) is 2.26. The Morgan fingerprint density at radius 2 is 2.25 bits per heavy atom. The molecule has 1 aromatic carbocycles. The van der Waals surface area contributed by atoms with Crippen LogP contribution < -0.4 is 10.5 Å². The highest BCUT2D eigenvalue weighted by Crippen LogP contribution is 2.31. The smallest absolute Gasteiger partial charge is 0.119 e. The van der Waals surface area contributed by atoms with Crippen molar-refractivity contribution in [3.05, 3.63) is 29.3 Å². The first-order valence-corrected chi connectivity index (χ1v) is 6.32. The van der Waals surface area contributed by atoms with Gasteiger partial charge in [0.1, 0.15) is 5.75 Å². The summed E-state index contributed by atoms with van der Waals surface area (Å²) in [5, 5.41) is 0. The number of nitrogens with two attached hydrogens (primary N) is 1. The zero-order chi connectivity index (χ0) is 11.4. The minimum Gasteiger partial charge on any atom is -0.494 e. The maximum Gasteiger partial charge on any atom is 0.119 e. The number of ether oxygens (including phenoxy) is 1. The molecule has 1 aliphatic carbocycles. The molecule has 1 aromatic rings. The van der Waals surface area contributed by atoms with E-state index < -0.39 is 0 Å². The lowest BCUT2D eigenvalue weighted by molar-refractivity contribution is 0.306. The maximum atomic E-state index is 6.00. The first-order valence-electron chi connectivity index (χ1n) is 6.32. The zero-order valence-electron chi connectivity index (χ0n) is 10.0. The van der Waals surface area contributed by atoms with Crippen molar-refractivity contribution in [2.75, 3.05) is 6.61 Å². The molecule has 0 aliphatic heterocycles. The van der Waals surface area contributed by atoms with Gasteiger partial charge in [-0.1, -0.05) is 25.8 Å². The largest absolute Gasteiger partial charge is 0.494 e. The van der Waals surface area contributed by atoms with E-state index in [9.17, 15) is 0 Å². The quantitative estimate of drug-likeness (QED) is 0.772. The molecule has 0 aromatic heterocycles. The van der Waals surface area contributed by atoms with Crippen molar-refractivity contribution in [1.82, 2.24) is 0 Å². The molecule has 0 saturated carbocycles. The van der Waals surface area contributed by atoms with Gasteiger partial charge >= 0.3 is 0 Å². The predicted molar refractivity (Wildman–Crippen MR) is 66.7 cm³/mol. The van der Waals surface area contributed by atoms with Gasteiger partial charge in [0.15, 0.2) is 0 Å². The average molecular weight is 219 g/mol. The van der Waals surface area contributed by atoms with E-state index in [4.69, 9.17) is 10.5 Å². The SMILES string of the molecule is CCCCCOc1ccc2c(c1)CC[C@H]2N. The van der Waals surface area contributed by atoms with Crippen LogP contribution in [0.5, 0.6) is 5.75 Å². The van der Waals surface area contributed by atoms with E-state index in [0.29, 0.717) is 0 Å². The van der Waals surface area contributed by atoms with Gasteiger partial charge in [-0.2, -0.15) is 0 Å². The highest BCUT2D eigenvalue weighted by molar-refractivity contribution is 5.40. The lowest BCUT2D eigenvalue weighted by Gasteiger charge is -2.09. The van der Waals surface area contributed by atoms with Crippen molar-refractivity contribution in [3.63, 3.8) is 0 Å². The molecule has 2 N–H and O–H groups in total. The minimum absolute atomic E-state index is 0.240. The summed E-state index contributed by atoms with van der Waals surface area (Å²) < 4.78 is 5.73. The number of aryl methyl sites for hydroxylation is 1. The molecule has 2 heteroatoms. The van der Waals surface area contributed by atoms with Crippen molar-refractivity contribution in [3.8, 4) is 5.75 Å². The zero-order valence-corrected chi connectivity index (χ0v) is 10.0. The van der Waals surface area contributed by atoms with E-state index in [-0.39, 0.29) is 6.04 Å². The lowest BCUT2D eigenvalue weighted by atomic mass is 10.1. The van der Waals surface area contributed by atoms with Gasteiger partial charge in [0.25, 0.3) is 0 Å². The summed E-state index contributed by atoms with van der Waals surface area (Å²) in [4.78, 5) is 0. The van der Waals surface area contributed by atoms with Gasteiger partial charge in [0.05, 0.1) is 6.61 Å². The fraction of sp³-hybridized carbons (Fsp3) is 0.571. The third-order valence-electron chi connectivity index (χ3n) is 3.26. The first kappa shape index (κ1) is 11.5. The molecule has 0 bridgehead atoms.